The van der Waals surface area contributed by atoms with Gasteiger partial charge in [0, 0.05) is 55.7 Å². The SMILES string of the molecule is CC1CCCC(C)N1CCCNC(=O)CCCc1cn(C)c2ccccc12. The van der Waals surface area contributed by atoms with Gasteiger partial charge in [-0.3, -0.25) is 9.69 Å². The van der Waals surface area contributed by atoms with Crippen molar-refractivity contribution in [2.75, 3.05) is 13.1 Å². The zero-order valence-corrected chi connectivity index (χ0v) is 17.2. The summed E-state index contributed by atoms with van der Waals surface area (Å²) in [6.45, 7) is 6.56. The van der Waals surface area contributed by atoms with Crippen molar-refractivity contribution in [3.05, 3.63) is 36.0 Å². The minimum atomic E-state index is 0.190. The summed E-state index contributed by atoms with van der Waals surface area (Å²) >= 11 is 0. The molecule has 27 heavy (non-hydrogen) atoms. The average Bonchev–Trinajstić information content (AvgIpc) is 2.97. The Bertz CT molecular complexity index is 741. The maximum atomic E-state index is 12.2. The number of benzene rings is 1. The predicted octanol–water partition coefficient (Wildman–Crippen LogP) is 4.27. The number of aromatic nitrogens is 1. The fourth-order valence-corrected chi connectivity index (χ4v) is 4.56. The van der Waals surface area contributed by atoms with Gasteiger partial charge in [-0.1, -0.05) is 24.6 Å². The summed E-state index contributed by atoms with van der Waals surface area (Å²) < 4.78 is 2.17. The van der Waals surface area contributed by atoms with Crippen LogP contribution in [0.5, 0.6) is 0 Å². The van der Waals surface area contributed by atoms with E-state index in [0.29, 0.717) is 18.5 Å². The monoisotopic (exact) mass is 369 g/mol. The Balaban J connectivity index is 1.35. The number of hydrogen-bond acceptors (Lipinski definition) is 2. The Morgan fingerprint density at radius 2 is 1.89 bits per heavy atom. The number of carbonyl (C=O) groups excluding carboxylic acids is 1. The molecular weight excluding hydrogens is 334 g/mol. The van der Waals surface area contributed by atoms with Gasteiger partial charge in [0.2, 0.25) is 5.91 Å². The van der Waals surface area contributed by atoms with Crippen LogP contribution in [0.25, 0.3) is 10.9 Å². The Hall–Kier alpha value is -1.81. The summed E-state index contributed by atoms with van der Waals surface area (Å²) in [7, 11) is 2.09. The Morgan fingerprint density at radius 3 is 2.67 bits per heavy atom. The quantitative estimate of drug-likeness (QED) is 0.706. The molecule has 1 amide bonds. The molecule has 4 heteroatoms. The molecule has 3 rings (SSSR count). The minimum absolute atomic E-state index is 0.190. The van der Waals surface area contributed by atoms with Gasteiger partial charge in [-0.05, 0) is 57.6 Å². The lowest BCUT2D eigenvalue weighted by Crippen LogP contribution is -2.44. The van der Waals surface area contributed by atoms with Crippen LogP contribution in [0.15, 0.2) is 30.5 Å². The largest absolute Gasteiger partial charge is 0.356 e. The molecule has 0 spiro atoms. The van der Waals surface area contributed by atoms with Crippen molar-refractivity contribution < 1.29 is 4.79 Å². The number of nitrogens with zero attached hydrogens (tertiary/aromatic N) is 2. The average molecular weight is 370 g/mol. The molecule has 1 aliphatic rings. The second kappa shape index (κ2) is 9.41. The van der Waals surface area contributed by atoms with Crippen LogP contribution in [-0.2, 0) is 18.3 Å². The first kappa shape index (κ1) is 19.9. The zero-order chi connectivity index (χ0) is 19.2. The van der Waals surface area contributed by atoms with E-state index < -0.39 is 0 Å². The molecule has 4 nitrogen and oxygen atoms in total. The van der Waals surface area contributed by atoms with Gasteiger partial charge < -0.3 is 9.88 Å². The Morgan fingerprint density at radius 1 is 1.15 bits per heavy atom. The lowest BCUT2D eigenvalue weighted by atomic mass is 9.97. The third kappa shape index (κ3) is 5.13. The summed E-state index contributed by atoms with van der Waals surface area (Å²) in [5.74, 6) is 0.190. The molecule has 2 unspecified atom stereocenters. The number of nitrogens with one attached hydrogen (secondary N) is 1. The molecule has 1 aromatic carbocycles. The standard InChI is InChI=1S/C23H35N3O/c1-18-9-6-10-19(2)26(18)16-8-15-24-23(27)14-7-11-20-17-25(3)22-13-5-4-12-21(20)22/h4-5,12-13,17-19H,6-11,14-16H2,1-3H3,(H,24,27). The van der Waals surface area contributed by atoms with Crippen molar-refractivity contribution in [3.8, 4) is 0 Å². The molecule has 1 aromatic heterocycles. The predicted molar refractivity (Wildman–Crippen MR) is 113 cm³/mol. The van der Waals surface area contributed by atoms with Gasteiger partial charge in [0.1, 0.15) is 0 Å². The molecule has 1 fully saturated rings. The number of para-hydroxylation sites is 1. The molecule has 1 N–H and O–H groups in total. The van der Waals surface area contributed by atoms with Crippen LogP contribution in [-0.4, -0.2) is 40.5 Å². The highest BCUT2D eigenvalue weighted by molar-refractivity contribution is 5.84. The van der Waals surface area contributed by atoms with Crippen LogP contribution in [0.4, 0.5) is 0 Å². The smallest absolute Gasteiger partial charge is 0.220 e. The van der Waals surface area contributed by atoms with E-state index in [1.54, 1.807) is 0 Å². The summed E-state index contributed by atoms with van der Waals surface area (Å²) in [4.78, 5) is 14.8. The van der Waals surface area contributed by atoms with Gasteiger partial charge in [0.25, 0.3) is 0 Å². The first-order valence-electron chi connectivity index (χ1n) is 10.6. The van der Waals surface area contributed by atoms with Crippen molar-refractivity contribution in [2.24, 2.45) is 7.05 Å². The van der Waals surface area contributed by atoms with Gasteiger partial charge in [0.15, 0.2) is 0 Å². The van der Waals surface area contributed by atoms with Crippen molar-refractivity contribution in [3.63, 3.8) is 0 Å². The summed E-state index contributed by atoms with van der Waals surface area (Å²) in [5, 5.41) is 4.42. The van der Waals surface area contributed by atoms with Crippen LogP contribution in [0.3, 0.4) is 0 Å². The van der Waals surface area contributed by atoms with Gasteiger partial charge >= 0.3 is 0 Å². The zero-order valence-electron chi connectivity index (χ0n) is 17.2. The van der Waals surface area contributed by atoms with E-state index in [1.165, 1.54) is 35.7 Å². The molecule has 2 atom stereocenters. The molecular formula is C23H35N3O. The highest BCUT2D eigenvalue weighted by Crippen LogP contribution is 2.23. The van der Waals surface area contributed by atoms with E-state index in [2.05, 4.69) is 66.1 Å². The van der Waals surface area contributed by atoms with E-state index in [-0.39, 0.29) is 5.91 Å². The van der Waals surface area contributed by atoms with Gasteiger partial charge in [0.05, 0.1) is 0 Å². The number of likely N-dealkylation sites (tertiary alicyclic amines) is 1. The number of hydrogen-bond donors (Lipinski definition) is 1. The number of carbonyl (C=O) groups is 1. The lowest BCUT2D eigenvalue weighted by Gasteiger charge is -2.39. The number of rotatable bonds is 8. The third-order valence-electron chi connectivity index (χ3n) is 6.12. The summed E-state index contributed by atoms with van der Waals surface area (Å²) in [6.07, 6.45) is 9.69. The van der Waals surface area contributed by atoms with E-state index in [4.69, 9.17) is 0 Å². The molecule has 0 bridgehead atoms. The molecule has 1 saturated heterocycles. The number of piperidine rings is 1. The van der Waals surface area contributed by atoms with Gasteiger partial charge in [-0.25, -0.2) is 0 Å². The van der Waals surface area contributed by atoms with Crippen molar-refractivity contribution >= 4 is 16.8 Å². The molecule has 1 aliphatic heterocycles. The maximum absolute atomic E-state index is 12.2. The molecule has 0 saturated carbocycles. The van der Waals surface area contributed by atoms with Gasteiger partial charge in [-0.2, -0.15) is 0 Å². The van der Waals surface area contributed by atoms with E-state index in [1.807, 2.05) is 0 Å². The van der Waals surface area contributed by atoms with E-state index in [0.717, 1.165) is 32.4 Å². The van der Waals surface area contributed by atoms with Gasteiger partial charge in [-0.15, -0.1) is 0 Å². The second-order valence-electron chi connectivity index (χ2n) is 8.21. The van der Waals surface area contributed by atoms with Crippen LogP contribution >= 0.6 is 0 Å². The highest BCUT2D eigenvalue weighted by Gasteiger charge is 2.23. The Labute approximate surface area is 163 Å². The second-order valence-corrected chi connectivity index (χ2v) is 8.21. The molecule has 148 valence electrons. The van der Waals surface area contributed by atoms with Crippen molar-refractivity contribution in [1.29, 1.82) is 0 Å². The number of aryl methyl sites for hydroxylation is 2. The Kier molecular flexibility index (Phi) is 6.95. The summed E-state index contributed by atoms with van der Waals surface area (Å²) in [5.41, 5.74) is 2.60. The first-order valence-corrected chi connectivity index (χ1v) is 10.6. The fourth-order valence-electron chi connectivity index (χ4n) is 4.56. The fraction of sp³-hybridized carbons (Fsp3) is 0.609. The highest BCUT2D eigenvalue weighted by atomic mass is 16.1. The van der Waals surface area contributed by atoms with E-state index >= 15 is 0 Å². The third-order valence-corrected chi connectivity index (χ3v) is 6.12. The molecule has 2 aromatic rings. The molecule has 0 aliphatic carbocycles. The number of fused-ring (bicyclic) bond motifs is 1. The van der Waals surface area contributed by atoms with E-state index in [9.17, 15) is 4.79 Å². The molecule has 0 radical (unpaired) electrons. The topological polar surface area (TPSA) is 37.3 Å². The number of amides is 1. The normalized spacial score (nSPS) is 20.9. The van der Waals surface area contributed by atoms with Crippen molar-refractivity contribution in [1.82, 2.24) is 14.8 Å². The lowest BCUT2D eigenvalue weighted by molar-refractivity contribution is -0.121. The molecule has 2 heterocycles. The maximum Gasteiger partial charge on any atom is 0.220 e. The minimum Gasteiger partial charge on any atom is -0.356 e. The van der Waals surface area contributed by atoms with Crippen LogP contribution < -0.4 is 5.32 Å². The summed E-state index contributed by atoms with van der Waals surface area (Å²) in [6, 6.07) is 9.85. The van der Waals surface area contributed by atoms with Crippen LogP contribution in [0, 0.1) is 0 Å². The van der Waals surface area contributed by atoms with Crippen LogP contribution in [0.2, 0.25) is 0 Å². The van der Waals surface area contributed by atoms with Crippen molar-refractivity contribution in [2.45, 2.75) is 70.9 Å². The van der Waals surface area contributed by atoms with Crippen LogP contribution in [0.1, 0.15) is 57.9 Å². The first-order chi connectivity index (χ1) is 13.1.